The molecule has 1 aliphatic rings. The maximum atomic E-state index is 9.19. The van der Waals surface area contributed by atoms with Crippen LogP contribution in [0.3, 0.4) is 0 Å². The third-order valence-corrected chi connectivity index (χ3v) is 3.53. The summed E-state index contributed by atoms with van der Waals surface area (Å²) in [5.41, 5.74) is 10.8. The van der Waals surface area contributed by atoms with Crippen LogP contribution < -0.4 is 10.6 Å². The zero-order valence-electron chi connectivity index (χ0n) is 10.7. The fourth-order valence-electron chi connectivity index (χ4n) is 2.44. The molecule has 0 unspecified atom stereocenters. The minimum Gasteiger partial charge on any atom is -0.383 e. The number of anilines is 2. The van der Waals surface area contributed by atoms with E-state index in [-0.39, 0.29) is 0 Å². The van der Waals surface area contributed by atoms with Crippen molar-refractivity contribution in [3.63, 3.8) is 0 Å². The van der Waals surface area contributed by atoms with Crippen molar-refractivity contribution in [2.24, 2.45) is 0 Å². The number of fused-ring (bicyclic) bond motifs is 1. The molecule has 0 radical (unpaired) electrons. The van der Waals surface area contributed by atoms with Gasteiger partial charge in [-0.3, -0.25) is 0 Å². The van der Waals surface area contributed by atoms with Gasteiger partial charge in [-0.1, -0.05) is 17.7 Å². The number of benzene rings is 1. The topological polar surface area (TPSA) is 65.9 Å². The van der Waals surface area contributed by atoms with Gasteiger partial charge >= 0.3 is 0 Å². The van der Waals surface area contributed by atoms with Gasteiger partial charge in [0.2, 0.25) is 0 Å². The van der Waals surface area contributed by atoms with Gasteiger partial charge in [-0.15, -0.1) is 0 Å². The Morgan fingerprint density at radius 2 is 2.00 bits per heavy atom. The maximum Gasteiger partial charge on any atom is 0.141 e. The highest BCUT2D eigenvalue weighted by molar-refractivity contribution is 5.61. The number of hydrogen-bond donors (Lipinski definition) is 1. The summed E-state index contributed by atoms with van der Waals surface area (Å²) in [6.07, 6.45) is 1.78. The highest BCUT2D eigenvalue weighted by Crippen LogP contribution is 2.31. The van der Waals surface area contributed by atoms with E-state index in [2.05, 4.69) is 47.1 Å². The molecule has 2 aromatic rings. The zero-order chi connectivity index (χ0) is 13.4. The van der Waals surface area contributed by atoms with E-state index in [0.717, 1.165) is 23.4 Å². The largest absolute Gasteiger partial charge is 0.383 e. The molecule has 4 heteroatoms. The van der Waals surface area contributed by atoms with E-state index in [0.29, 0.717) is 17.9 Å². The standard InChI is InChI=1S/C15H14N4/c1-10-2-4-12(5-3-10)19-8-11-7-18-15(17)13(6-16)14(11)9-19/h2-5,7H,8-9H2,1H3,(H2,17,18). The van der Waals surface area contributed by atoms with Crippen molar-refractivity contribution >= 4 is 11.5 Å². The van der Waals surface area contributed by atoms with E-state index in [4.69, 9.17) is 5.73 Å². The fourth-order valence-corrected chi connectivity index (χ4v) is 2.44. The van der Waals surface area contributed by atoms with Crippen LogP contribution in [0.2, 0.25) is 0 Å². The van der Waals surface area contributed by atoms with Crippen molar-refractivity contribution < 1.29 is 0 Å². The van der Waals surface area contributed by atoms with Crippen LogP contribution in [0, 0.1) is 18.3 Å². The Labute approximate surface area is 112 Å². The first-order valence-corrected chi connectivity index (χ1v) is 6.17. The number of nitrogens with zero attached hydrogens (tertiary/aromatic N) is 3. The predicted molar refractivity (Wildman–Crippen MR) is 74.4 cm³/mol. The van der Waals surface area contributed by atoms with Crippen LogP contribution >= 0.6 is 0 Å². The van der Waals surface area contributed by atoms with Crippen LogP contribution in [0.4, 0.5) is 11.5 Å². The summed E-state index contributed by atoms with van der Waals surface area (Å²) in [7, 11) is 0. The van der Waals surface area contributed by atoms with Crippen molar-refractivity contribution in [2.75, 3.05) is 10.6 Å². The molecule has 2 heterocycles. The highest BCUT2D eigenvalue weighted by Gasteiger charge is 2.24. The van der Waals surface area contributed by atoms with Crippen LogP contribution in [0.1, 0.15) is 22.3 Å². The van der Waals surface area contributed by atoms with Gasteiger partial charge in [0, 0.05) is 25.0 Å². The van der Waals surface area contributed by atoms with Crippen molar-refractivity contribution in [3.8, 4) is 6.07 Å². The van der Waals surface area contributed by atoms with E-state index in [1.165, 1.54) is 5.56 Å². The van der Waals surface area contributed by atoms with Crippen molar-refractivity contribution in [1.29, 1.82) is 5.26 Å². The number of aromatic nitrogens is 1. The Balaban J connectivity index is 1.97. The smallest absolute Gasteiger partial charge is 0.141 e. The van der Waals surface area contributed by atoms with Crippen molar-refractivity contribution in [1.82, 2.24) is 4.98 Å². The minimum atomic E-state index is 0.326. The number of aryl methyl sites for hydroxylation is 1. The monoisotopic (exact) mass is 250 g/mol. The number of nitrogens with two attached hydrogens (primary N) is 1. The van der Waals surface area contributed by atoms with Gasteiger partial charge in [-0.05, 0) is 30.2 Å². The van der Waals surface area contributed by atoms with E-state index in [1.807, 2.05) is 0 Å². The van der Waals surface area contributed by atoms with Crippen LogP contribution in [-0.4, -0.2) is 4.98 Å². The Kier molecular flexibility index (Phi) is 2.60. The second kappa shape index (κ2) is 4.29. The summed E-state index contributed by atoms with van der Waals surface area (Å²) in [5.74, 6) is 0.326. The summed E-state index contributed by atoms with van der Waals surface area (Å²) < 4.78 is 0. The molecule has 0 spiro atoms. The summed E-state index contributed by atoms with van der Waals surface area (Å²) in [4.78, 5) is 6.32. The maximum absolute atomic E-state index is 9.19. The molecule has 94 valence electrons. The van der Waals surface area contributed by atoms with Crippen molar-refractivity contribution in [3.05, 3.63) is 52.7 Å². The first-order chi connectivity index (χ1) is 9.19. The molecule has 0 aliphatic carbocycles. The predicted octanol–water partition coefficient (Wildman–Crippen LogP) is 2.36. The average Bonchev–Trinajstić information content (AvgIpc) is 2.83. The molecule has 0 amide bonds. The molecule has 0 bridgehead atoms. The molecule has 4 nitrogen and oxygen atoms in total. The quantitative estimate of drug-likeness (QED) is 0.843. The van der Waals surface area contributed by atoms with E-state index in [1.54, 1.807) is 6.20 Å². The second-order valence-corrected chi connectivity index (χ2v) is 4.83. The van der Waals surface area contributed by atoms with Gasteiger partial charge in [-0.2, -0.15) is 5.26 Å². The molecule has 0 atom stereocenters. The highest BCUT2D eigenvalue weighted by atomic mass is 15.1. The van der Waals surface area contributed by atoms with Gasteiger partial charge < -0.3 is 10.6 Å². The molecule has 1 aromatic carbocycles. The molecular formula is C15H14N4. The third-order valence-electron chi connectivity index (χ3n) is 3.53. The zero-order valence-corrected chi connectivity index (χ0v) is 10.7. The molecule has 1 aromatic heterocycles. The Hall–Kier alpha value is -2.54. The van der Waals surface area contributed by atoms with Crippen molar-refractivity contribution in [2.45, 2.75) is 20.0 Å². The number of rotatable bonds is 1. The molecule has 2 N–H and O–H groups in total. The molecule has 0 saturated heterocycles. The number of hydrogen-bond acceptors (Lipinski definition) is 4. The lowest BCUT2D eigenvalue weighted by molar-refractivity contribution is 0.879. The Morgan fingerprint density at radius 1 is 1.26 bits per heavy atom. The Bertz CT molecular complexity index is 668. The molecule has 3 rings (SSSR count). The van der Waals surface area contributed by atoms with Gasteiger partial charge in [0.05, 0.1) is 5.56 Å². The number of nitriles is 1. The van der Waals surface area contributed by atoms with Crippen LogP contribution in [0.15, 0.2) is 30.5 Å². The lowest BCUT2D eigenvalue weighted by atomic mass is 10.1. The number of pyridine rings is 1. The van der Waals surface area contributed by atoms with Gasteiger partial charge in [0.15, 0.2) is 0 Å². The molecule has 19 heavy (non-hydrogen) atoms. The van der Waals surface area contributed by atoms with Crippen LogP contribution in [0.25, 0.3) is 0 Å². The van der Waals surface area contributed by atoms with Gasteiger partial charge in [0.25, 0.3) is 0 Å². The van der Waals surface area contributed by atoms with Crippen LogP contribution in [0.5, 0.6) is 0 Å². The second-order valence-electron chi connectivity index (χ2n) is 4.83. The summed E-state index contributed by atoms with van der Waals surface area (Å²) in [6, 6.07) is 10.6. The lowest BCUT2D eigenvalue weighted by Gasteiger charge is -2.17. The SMILES string of the molecule is Cc1ccc(N2Cc3cnc(N)c(C#N)c3C2)cc1. The first kappa shape index (κ1) is 11.5. The molecule has 1 aliphatic heterocycles. The van der Waals surface area contributed by atoms with Gasteiger partial charge in [-0.25, -0.2) is 4.98 Å². The van der Waals surface area contributed by atoms with E-state index >= 15 is 0 Å². The lowest BCUT2D eigenvalue weighted by Crippen LogP contribution is -2.14. The third kappa shape index (κ3) is 1.89. The summed E-state index contributed by atoms with van der Waals surface area (Å²) in [6.45, 7) is 3.56. The first-order valence-electron chi connectivity index (χ1n) is 6.17. The van der Waals surface area contributed by atoms with E-state index < -0.39 is 0 Å². The summed E-state index contributed by atoms with van der Waals surface area (Å²) in [5, 5.41) is 9.19. The molecule has 0 saturated carbocycles. The van der Waals surface area contributed by atoms with E-state index in [9.17, 15) is 5.26 Å². The minimum absolute atomic E-state index is 0.326. The fraction of sp³-hybridized carbons (Fsp3) is 0.200. The average molecular weight is 250 g/mol. The number of nitrogen functional groups attached to an aromatic ring is 1. The molecular weight excluding hydrogens is 236 g/mol. The van der Waals surface area contributed by atoms with Crippen LogP contribution in [-0.2, 0) is 13.1 Å². The summed E-state index contributed by atoms with van der Waals surface area (Å²) >= 11 is 0. The molecule has 0 fully saturated rings. The van der Waals surface area contributed by atoms with Gasteiger partial charge in [0.1, 0.15) is 11.9 Å². The Morgan fingerprint density at radius 3 is 2.68 bits per heavy atom. The normalized spacial score (nSPS) is 13.2.